The van der Waals surface area contributed by atoms with Crippen molar-refractivity contribution in [3.8, 4) is 0 Å². The Balaban J connectivity index is 3.42. The summed E-state index contributed by atoms with van der Waals surface area (Å²) < 4.78 is 76.5. The van der Waals surface area contributed by atoms with Crippen molar-refractivity contribution in [2.75, 3.05) is 0 Å². The predicted octanol–water partition coefficient (Wildman–Crippen LogP) is 4.77. The minimum atomic E-state index is -4.73. The van der Waals surface area contributed by atoms with E-state index in [2.05, 4.69) is 0 Å². The molecule has 1 aromatic rings. The fourth-order valence-electron chi connectivity index (χ4n) is 1.83. The molecule has 0 aliphatic carbocycles. The van der Waals surface area contributed by atoms with Crippen molar-refractivity contribution in [2.24, 2.45) is 11.7 Å². The highest BCUT2D eigenvalue weighted by Gasteiger charge is 2.38. The number of nitrogens with two attached hydrogens (primary N) is 1. The average molecular weight is 299 g/mol. The third kappa shape index (κ3) is 3.65. The zero-order valence-corrected chi connectivity index (χ0v) is 10.9. The molecule has 2 atom stereocenters. The van der Waals surface area contributed by atoms with Crippen LogP contribution in [0.4, 0.5) is 26.3 Å². The lowest BCUT2D eigenvalue weighted by atomic mass is 9.89. The number of alkyl halides is 6. The maximum atomic E-state index is 12.9. The molecule has 1 aromatic carbocycles. The van der Waals surface area contributed by atoms with Crippen LogP contribution in [0.1, 0.15) is 43.0 Å². The first-order valence-corrected chi connectivity index (χ1v) is 6.02. The van der Waals surface area contributed by atoms with Crippen LogP contribution in [0.3, 0.4) is 0 Å². The number of hydrogen-bond acceptors (Lipinski definition) is 1. The van der Waals surface area contributed by atoms with E-state index >= 15 is 0 Å². The highest BCUT2D eigenvalue weighted by molar-refractivity contribution is 5.37. The molecule has 0 radical (unpaired) electrons. The molecule has 0 spiro atoms. The largest absolute Gasteiger partial charge is 0.416 e. The smallest absolute Gasteiger partial charge is 0.324 e. The van der Waals surface area contributed by atoms with Gasteiger partial charge < -0.3 is 5.73 Å². The van der Waals surface area contributed by atoms with Crippen LogP contribution >= 0.6 is 0 Å². The lowest BCUT2D eigenvalue weighted by Crippen LogP contribution is -2.23. The molecule has 20 heavy (non-hydrogen) atoms. The molecular weight excluding hydrogens is 284 g/mol. The Morgan fingerprint density at radius 3 is 2.00 bits per heavy atom. The van der Waals surface area contributed by atoms with Gasteiger partial charge in [0.2, 0.25) is 0 Å². The standard InChI is InChI=1S/C13H15F6N/c1-3-7(2)11(20)9-6-8(12(14,15)16)4-5-10(9)13(17,18)19/h4-7,11H,3,20H2,1-2H3/t7?,11-/m1/s1. The van der Waals surface area contributed by atoms with Crippen molar-refractivity contribution in [3.63, 3.8) is 0 Å². The monoisotopic (exact) mass is 299 g/mol. The van der Waals surface area contributed by atoms with Crippen molar-refractivity contribution in [3.05, 3.63) is 34.9 Å². The van der Waals surface area contributed by atoms with Crippen LogP contribution in [0.25, 0.3) is 0 Å². The van der Waals surface area contributed by atoms with Crippen molar-refractivity contribution < 1.29 is 26.3 Å². The van der Waals surface area contributed by atoms with Crippen LogP contribution in [0.15, 0.2) is 18.2 Å². The van der Waals surface area contributed by atoms with Crippen LogP contribution in [-0.2, 0) is 12.4 Å². The van der Waals surface area contributed by atoms with Crippen molar-refractivity contribution >= 4 is 0 Å². The fourth-order valence-corrected chi connectivity index (χ4v) is 1.83. The van der Waals surface area contributed by atoms with Gasteiger partial charge in [0.15, 0.2) is 0 Å². The summed E-state index contributed by atoms with van der Waals surface area (Å²) in [5.74, 6) is -0.361. The van der Waals surface area contributed by atoms with E-state index in [9.17, 15) is 26.3 Å². The number of benzene rings is 1. The van der Waals surface area contributed by atoms with Gasteiger partial charge >= 0.3 is 12.4 Å². The van der Waals surface area contributed by atoms with Crippen molar-refractivity contribution in [1.82, 2.24) is 0 Å². The van der Waals surface area contributed by atoms with Gasteiger partial charge in [-0.2, -0.15) is 26.3 Å². The van der Waals surface area contributed by atoms with Gasteiger partial charge in [0.1, 0.15) is 0 Å². The lowest BCUT2D eigenvalue weighted by molar-refractivity contribution is -0.142. The van der Waals surface area contributed by atoms with Crippen LogP contribution in [0.2, 0.25) is 0 Å². The summed E-state index contributed by atoms with van der Waals surface area (Å²) in [5.41, 5.74) is 2.94. The first kappa shape index (κ1) is 16.8. The first-order chi connectivity index (χ1) is 8.98. The molecule has 1 rings (SSSR count). The van der Waals surface area contributed by atoms with Gasteiger partial charge in [0.25, 0.3) is 0 Å². The summed E-state index contributed by atoms with van der Waals surface area (Å²) in [5, 5.41) is 0. The summed E-state index contributed by atoms with van der Waals surface area (Å²) in [6.45, 7) is 3.32. The van der Waals surface area contributed by atoms with E-state index in [-0.39, 0.29) is 5.92 Å². The van der Waals surface area contributed by atoms with E-state index in [0.717, 1.165) is 0 Å². The molecule has 2 N–H and O–H groups in total. The molecule has 0 aromatic heterocycles. The molecule has 0 aliphatic heterocycles. The number of hydrogen-bond donors (Lipinski definition) is 1. The zero-order chi connectivity index (χ0) is 15.7. The second-order valence-corrected chi connectivity index (χ2v) is 4.71. The summed E-state index contributed by atoms with van der Waals surface area (Å²) in [6.07, 6.45) is -8.96. The first-order valence-electron chi connectivity index (χ1n) is 6.02. The molecule has 0 saturated heterocycles. The van der Waals surface area contributed by atoms with E-state index in [4.69, 9.17) is 5.73 Å². The molecule has 0 bridgehead atoms. The quantitative estimate of drug-likeness (QED) is 0.799. The molecule has 114 valence electrons. The zero-order valence-electron chi connectivity index (χ0n) is 10.9. The maximum Gasteiger partial charge on any atom is 0.416 e. The van der Waals surface area contributed by atoms with Gasteiger partial charge in [-0.3, -0.25) is 0 Å². The van der Waals surface area contributed by atoms with Crippen LogP contribution in [0.5, 0.6) is 0 Å². The molecule has 1 unspecified atom stereocenters. The van der Waals surface area contributed by atoms with E-state index < -0.39 is 35.1 Å². The summed E-state index contributed by atoms with van der Waals surface area (Å²) >= 11 is 0. The SMILES string of the molecule is CCC(C)[C@@H](N)c1cc(C(F)(F)F)ccc1C(F)(F)F. The van der Waals surface area contributed by atoms with Gasteiger partial charge in [-0.05, 0) is 29.7 Å². The van der Waals surface area contributed by atoms with Gasteiger partial charge in [-0.25, -0.2) is 0 Å². The summed E-state index contributed by atoms with van der Waals surface area (Å²) in [6, 6.07) is 0.273. The fraction of sp³-hybridized carbons (Fsp3) is 0.538. The molecule has 0 amide bonds. The Labute approximate surface area is 112 Å². The van der Waals surface area contributed by atoms with E-state index in [1.165, 1.54) is 0 Å². The second kappa shape index (κ2) is 5.63. The van der Waals surface area contributed by atoms with E-state index in [1.807, 2.05) is 0 Å². The topological polar surface area (TPSA) is 26.0 Å². The number of rotatable bonds is 3. The Hall–Kier alpha value is -1.24. The highest BCUT2D eigenvalue weighted by atomic mass is 19.4. The minimum absolute atomic E-state index is 0.361. The van der Waals surface area contributed by atoms with Crippen LogP contribution in [0, 0.1) is 5.92 Å². The van der Waals surface area contributed by atoms with Gasteiger partial charge in [0, 0.05) is 6.04 Å². The Kier molecular flexibility index (Phi) is 4.74. The molecule has 0 fully saturated rings. The number of halogens is 6. The van der Waals surface area contributed by atoms with Crippen molar-refractivity contribution in [1.29, 1.82) is 0 Å². The maximum absolute atomic E-state index is 12.9. The molecule has 7 heteroatoms. The van der Waals surface area contributed by atoms with Gasteiger partial charge in [-0.1, -0.05) is 20.3 Å². The van der Waals surface area contributed by atoms with E-state index in [1.54, 1.807) is 13.8 Å². The lowest BCUT2D eigenvalue weighted by Gasteiger charge is -2.24. The average Bonchev–Trinajstić information content (AvgIpc) is 2.34. The highest BCUT2D eigenvalue weighted by Crippen LogP contribution is 2.39. The second-order valence-electron chi connectivity index (χ2n) is 4.71. The molecule has 0 saturated carbocycles. The van der Waals surface area contributed by atoms with Crippen LogP contribution in [-0.4, -0.2) is 0 Å². The predicted molar refractivity (Wildman–Crippen MR) is 62.8 cm³/mol. The summed E-state index contributed by atoms with van der Waals surface area (Å²) in [4.78, 5) is 0. The Morgan fingerprint density at radius 1 is 1.05 bits per heavy atom. The molecule has 0 heterocycles. The minimum Gasteiger partial charge on any atom is -0.324 e. The van der Waals surface area contributed by atoms with E-state index in [0.29, 0.717) is 24.6 Å². The Bertz CT molecular complexity index is 463. The molecular formula is C13H15F6N. The van der Waals surface area contributed by atoms with Gasteiger partial charge in [-0.15, -0.1) is 0 Å². The molecule has 1 nitrogen and oxygen atoms in total. The van der Waals surface area contributed by atoms with Crippen LogP contribution < -0.4 is 5.73 Å². The normalized spacial score (nSPS) is 16.1. The third-order valence-electron chi connectivity index (χ3n) is 3.30. The molecule has 0 aliphatic rings. The summed E-state index contributed by atoms with van der Waals surface area (Å²) in [7, 11) is 0. The third-order valence-corrected chi connectivity index (χ3v) is 3.30. The Morgan fingerprint density at radius 2 is 1.60 bits per heavy atom. The van der Waals surface area contributed by atoms with Crippen molar-refractivity contribution in [2.45, 2.75) is 38.7 Å². The van der Waals surface area contributed by atoms with Gasteiger partial charge in [0.05, 0.1) is 11.1 Å².